The van der Waals surface area contributed by atoms with E-state index in [9.17, 15) is 0 Å². The van der Waals surface area contributed by atoms with Crippen molar-refractivity contribution in [2.24, 2.45) is 0 Å². The summed E-state index contributed by atoms with van der Waals surface area (Å²) in [6.45, 7) is 0. The topological polar surface area (TPSA) is 0 Å². The van der Waals surface area contributed by atoms with Crippen LogP contribution < -0.4 is 0 Å². The van der Waals surface area contributed by atoms with E-state index >= 15 is 0 Å². The Balaban J connectivity index is 0. The number of rotatable bonds is 0. The van der Waals surface area contributed by atoms with Gasteiger partial charge in [0.1, 0.15) is 0 Å². The fourth-order valence-electron chi connectivity index (χ4n) is 0. The Morgan fingerprint density at radius 3 is 0.600 bits per heavy atom. The summed E-state index contributed by atoms with van der Waals surface area (Å²) in [5, 5.41) is 0. The predicted molar refractivity (Wildman–Crippen MR) is 7.37 cm³/mol. The van der Waals surface area contributed by atoms with Crippen molar-refractivity contribution in [2.75, 3.05) is 0 Å². The zero-order chi connectivity index (χ0) is 0. The van der Waals surface area contributed by atoms with Crippen LogP contribution in [0, 0.1) is 0 Å². The molecule has 0 aliphatic rings. The zero-order valence-corrected chi connectivity index (χ0v) is 7.40. The molecule has 0 fully saturated rings. The van der Waals surface area contributed by atoms with E-state index in [-0.39, 0.29) is 91.2 Å². The maximum Gasteiger partial charge on any atom is 1.00 e. The second kappa shape index (κ2) is 29.1. The zero-order valence-electron chi connectivity index (χ0n) is 1.64. The van der Waals surface area contributed by atoms with Gasteiger partial charge in [-0.1, -0.05) is 0 Å². The largest absolute Gasteiger partial charge is 2.00 e. The minimum absolute atomic E-state index is 0. The molecule has 0 radical (unpaired) electrons. The summed E-state index contributed by atoms with van der Waals surface area (Å²) in [6.07, 6.45) is 0. The van der Waals surface area contributed by atoms with Gasteiger partial charge < -0.3 is 13.5 Å². The van der Waals surface area contributed by atoms with Gasteiger partial charge in [-0.3, -0.25) is 0 Å². The Labute approximate surface area is 89.9 Å². The van der Waals surface area contributed by atoms with Crippen molar-refractivity contribution in [3.63, 3.8) is 0 Å². The second-order valence-electron chi connectivity index (χ2n) is 0. The van der Waals surface area contributed by atoms with Gasteiger partial charge in [0.05, 0.1) is 0 Å². The van der Waals surface area contributed by atoms with Crippen LogP contribution in [0.4, 0.5) is 0 Å². The van der Waals surface area contributed by atoms with Gasteiger partial charge in [-0.15, -0.1) is 0 Å². The van der Waals surface area contributed by atoms with Crippen LogP contribution in [-0.2, 0) is 91.2 Å². The Morgan fingerprint density at radius 1 is 0.600 bits per heavy atom. The first-order chi connectivity index (χ1) is 0. The summed E-state index contributed by atoms with van der Waals surface area (Å²) in [7, 11) is 0. The van der Waals surface area contributed by atoms with Crippen molar-refractivity contribution < 1.29 is 77.7 Å². The van der Waals surface area contributed by atoms with Gasteiger partial charge in [-0.25, -0.2) is 0 Å². The van der Waals surface area contributed by atoms with Crippen LogP contribution in [0.25, 0.3) is 0 Å². The van der Waals surface area contributed by atoms with Crippen molar-refractivity contribution in [1.29, 1.82) is 0 Å². The van der Waals surface area contributed by atoms with Gasteiger partial charge in [0.2, 0.25) is 0 Å². The molecule has 0 spiro atoms. The first-order valence-electron chi connectivity index (χ1n) is 0. The van der Waals surface area contributed by atoms with Crippen LogP contribution in [0.5, 0.6) is 0 Å². The smallest absolute Gasteiger partial charge is 1.00 e. The van der Waals surface area contributed by atoms with Gasteiger partial charge in [-0.05, 0) is 0 Å². The van der Waals surface area contributed by atoms with Crippen molar-refractivity contribution in [3.8, 4) is 0 Å². The molecule has 0 aromatic carbocycles. The van der Waals surface area contributed by atoms with E-state index in [2.05, 4.69) is 0 Å². The number of hydrogen-bond acceptors (Lipinski definition) is 0. The van der Waals surface area contributed by atoms with Crippen LogP contribution in [0.1, 0.15) is 0 Å². The van der Waals surface area contributed by atoms with Crippen LogP contribution in [0.3, 0.4) is 0 Å². The first-order valence-corrected chi connectivity index (χ1v) is 0. The van der Waals surface area contributed by atoms with Crippen LogP contribution in [0.15, 0.2) is 0 Å². The molecule has 0 aliphatic carbocycles. The average Bonchev–Trinajstić information content (AvgIpc) is 0. The monoisotopic (exact) mass is 362 g/mol. The normalized spacial score (nSPS) is 0. The summed E-state index contributed by atoms with van der Waals surface area (Å²) >= 11 is 0. The molecule has 0 aromatic rings. The maximum absolute atomic E-state index is 0. The summed E-state index contributed by atoms with van der Waals surface area (Å²) in [6, 6.07) is 0. The minimum atomic E-state index is 0. The van der Waals surface area contributed by atoms with E-state index in [1.54, 1.807) is 0 Å². The summed E-state index contributed by atoms with van der Waals surface area (Å²) in [5.74, 6) is 0. The van der Waals surface area contributed by atoms with Gasteiger partial charge in [0, 0.05) is 33.0 Å². The Morgan fingerprint density at radius 2 is 0.600 bits per heavy atom. The molecule has 5 heteroatoms. The van der Waals surface area contributed by atoms with E-state index in [4.69, 9.17) is 0 Å². The van der Waals surface area contributed by atoms with Gasteiger partial charge in [0.25, 0.3) is 0 Å². The molecular weight excluding hydrogens is 365 g/mol. The van der Waals surface area contributed by atoms with E-state index in [1.807, 2.05) is 0 Å². The number of hydrogen-bond donors (Lipinski definition) is 0. The molecule has 0 amide bonds. The quantitative estimate of drug-likeness (QED) is 0.530. The molecule has 0 unspecified atom stereocenters. The average molecular weight is 365 g/mol. The molecule has 0 aliphatic heterocycles. The summed E-state index contributed by atoms with van der Waals surface area (Å²) in [4.78, 5) is 0. The van der Waals surface area contributed by atoms with Gasteiger partial charge in [0.15, 0.2) is 0 Å². The Hall–Kier alpha value is 2.82. The van der Waals surface area contributed by atoms with Crippen molar-refractivity contribution >= 4 is 13.5 Å². The third kappa shape index (κ3) is 19.9. The first kappa shape index (κ1) is 45.8. The SMILES string of the molecule is [Ag+].[Ag+].[Ni].[Ni].[S-2]. The summed E-state index contributed by atoms with van der Waals surface area (Å²) < 4.78 is 0. The van der Waals surface area contributed by atoms with Crippen LogP contribution in [0.2, 0.25) is 0 Å². The molecule has 0 saturated carbocycles. The van der Waals surface area contributed by atoms with Crippen molar-refractivity contribution in [2.45, 2.75) is 0 Å². The van der Waals surface area contributed by atoms with Crippen molar-refractivity contribution in [3.05, 3.63) is 0 Å². The van der Waals surface area contributed by atoms with Gasteiger partial charge in [-0.2, -0.15) is 0 Å². The predicted octanol–water partition coefficient (Wildman–Crippen LogP) is -0.0124. The van der Waals surface area contributed by atoms with E-state index in [1.165, 1.54) is 0 Å². The molecule has 0 atom stereocenters. The molecule has 5 heavy (non-hydrogen) atoms. The third-order valence-corrected chi connectivity index (χ3v) is 0. The molecule has 0 bridgehead atoms. The fourth-order valence-corrected chi connectivity index (χ4v) is 0. The van der Waals surface area contributed by atoms with E-state index in [0.29, 0.717) is 0 Å². The molecule has 0 nitrogen and oxygen atoms in total. The van der Waals surface area contributed by atoms with Crippen LogP contribution in [-0.4, -0.2) is 0 Å². The maximum atomic E-state index is 0. The van der Waals surface area contributed by atoms with E-state index < -0.39 is 0 Å². The minimum Gasteiger partial charge on any atom is -2.00 e. The molecular formula is Ag2Ni2S. The van der Waals surface area contributed by atoms with Gasteiger partial charge >= 0.3 is 44.8 Å². The summed E-state index contributed by atoms with van der Waals surface area (Å²) in [5.41, 5.74) is 0. The molecule has 48 valence electrons. The van der Waals surface area contributed by atoms with Crippen LogP contribution >= 0.6 is 0 Å². The molecule has 0 rings (SSSR count). The van der Waals surface area contributed by atoms with E-state index in [0.717, 1.165) is 0 Å². The molecule has 0 N–H and O–H groups in total. The molecule has 0 aromatic heterocycles. The Bertz CT molecular complexity index is 7.61. The third-order valence-electron chi connectivity index (χ3n) is 0. The molecule has 0 heterocycles. The Kier molecular flexibility index (Phi) is 266. The van der Waals surface area contributed by atoms with Crippen molar-refractivity contribution in [1.82, 2.24) is 0 Å². The second-order valence-corrected chi connectivity index (χ2v) is 0. The molecule has 0 saturated heterocycles. The standard InChI is InChI=1S/2Ag.2Ni.S/q2*+1;;;-2. The fraction of sp³-hybridized carbons (Fsp3) is 0.